The summed E-state index contributed by atoms with van der Waals surface area (Å²) in [7, 11) is 0. The highest BCUT2D eigenvalue weighted by molar-refractivity contribution is 9.10. The van der Waals surface area contributed by atoms with Gasteiger partial charge in [0.2, 0.25) is 0 Å². The first-order valence-corrected chi connectivity index (χ1v) is 13.1. The number of pyridine rings is 2. The number of H-pyrrole nitrogens is 1. The van der Waals surface area contributed by atoms with Crippen LogP contribution in [0, 0.1) is 0 Å². The minimum absolute atomic E-state index is 0.0304. The van der Waals surface area contributed by atoms with Crippen molar-refractivity contribution in [3.8, 4) is 11.1 Å². The number of rotatable bonds is 8. The average molecular weight is 626 g/mol. The fourth-order valence-electron chi connectivity index (χ4n) is 4.18. The molecule has 9 nitrogen and oxygen atoms in total. The number of alkyl halides is 3. The van der Waals surface area contributed by atoms with Crippen LogP contribution < -0.4 is 16.4 Å². The molecule has 0 aliphatic rings. The molecule has 2 aromatic carbocycles. The molecule has 0 unspecified atom stereocenters. The summed E-state index contributed by atoms with van der Waals surface area (Å²) in [6.45, 7) is -0.272. The van der Waals surface area contributed by atoms with Crippen molar-refractivity contribution in [2.45, 2.75) is 18.8 Å². The number of carbonyl (C=O) groups excluding carboxylic acids is 1. The number of hydrogen-bond acceptors (Lipinski definition) is 7. The summed E-state index contributed by atoms with van der Waals surface area (Å²) in [5.41, 5.74) is 8.13. The fraction of sp³-hybridized carbons (Fsp3) is 0.143. The van der Waals surface area contributed by atoms with E-state index in [9.17, 15) is 23.1 Å². The second kappa shape index (κ2) is 11.6. The summed E-state index contributed by atoms with van der Waals surface area (Å²) in [6, 6.07) is 16.0. The molecule has 0 aliphatic heterocycles. The zero-order valence-corrected chi connectivity index (χ0v) is 22.8. The van der Waals surface area contributed by atoms with E-state index >= 15 is 0 Å². The Bertz CT molecular complexity index is 1690. The van der Waals surface area contributed by atoms with Gasteiger partial charge in [0.25, 0.3) is 5.91 Å². The van der Waals surface area contributed by atoms with Crippen LogP contribution in [-0.4, -0.2) is 37.8 Å². The van der Waals surface area contributed by atoms with E-state index in [2.05, 4.69) is 46.7 Å². The lowest BCUT2D eigenvalue weighted by Gasteiger charge is -2.19. The molecule has 13 heteroatoms. The lowest BCUT2D eigenvalue weighted by Crippen LogP contribution is -2.31. The Balaban J connectivity index is 1.35. The molecule has 41 heavy (non-hydrogen) atoms. The summed E-state index contributed by atoms with van der Waals surface area (Å²) in [4.78, 5) is 21.4. The van der Waals surface area contributed by atoms with Crippen LogP contribution in [0.1, 0.15) is 33.1 Å². The van der Waals surface area contributed by atoms with Crippen LogP contribution in [0.15, 0.2) is 77.5 Å². The highest BCUT2D eigenvalue weighted by Crippen LogP contribution is 2.31. The van der Waals surface area contributed by atoms with Crippen molar-refractivity contribution in [2.75, 3.05) is 17.7 Å². The summed E-state index contributed by atoms with van der Waals surface area (Å²) >= 11 is 3.32. The number of aliphatic hydroxyl groups excluding tert-OH is 1. The number of hydrogen-bond donors (Lipinski definition) is 5. The van der Waals surface area contributed by atoms with E-state index in [0.717, 1.165) is 27.2 Å². The van der Waals surface area contributed by atoms with Gasteiger partial charge in [0.15, 0.2) is 5.65 Å². The number of halogens is 4. The Hall–Kier alpha value is -4.49. The second-order valence-corrected chi connectivity index (χ2v) is 10.1. The monoisotopic (exact) mass is 625 g/mol. The summed E-state index contributed by atoms with van der Waals surface area (Å²) < 4.78 is 41.2. The van der Waals surface area contributed by atoms with Crippen molar-refractivity contribution in [1.82, 2.24) is 25.5 Å². The number of nitrogens with zero attached hydrogens (tertiary/aromatic N) is 3. The molecule has 0 aliphatic carbocycles. The highest BCUT2D eigenvalue weighted by atomic mass is 79.9. The largest absolute Gasteiger partial charge is 0.417 e. The van der Waals surface area contributed by atoms with Crippen molar-refractivity contribution >= 4 is 44.5 Å². The lowest BCUT2D eigenvalue weighted by molar-refractivity contribution is -0.137. The molecule has 0 radical (unpaired) electrons. The molecule has 0 bridgehead atoms. The minimum Gasteiger partial charge on any atom is -0.394 e. The third-order valence-electron chi connectivity index (χ3n) is 6.41. The Labute approximate surface area is 240 Å². The third-order valence-corrected chi connectivity index (χ3v) is 6.93. The molecule has 3 heterocycles. The van der Waals surface area contributed by atoms with Crippen molar-refractivity contribution in [1.29, 1.82) is 0 Å². The van der Waals surface area contributed by atoms with Crippen LogP contribution >= 0.6 is 15.9 Å². The number of nitrogens with one attached hydrogen (secondary N) is 3. The molecule has 5 rings (SSSR count). The molecule has 0 spiro atoms. The van der Waals surface area contributed by atoms with Crippen LogP contribution in [0.25, 0.3) is 22.2 Å². The van der Waals surface area contributed by atoms with Gasteiger partial charge in [-0.3, -0.25) is 9.89 Å². The molecule has 3 aromatic heterocycles. The minimum atomic E-state index is -4.70. The van der Waals surface area contributed by atoms with E-state index in [-0.39, 0.29) is 17.9 Å². The van der Waals surface area contributed by atoms with Gasteiger partial charge >= 0.3 is 6.18 Å². The molecule has 0 saturated carbocycles. The zero-order chi connectivity index (χ0) is 29.1. The first kappa shape index (κ1) is 28.1. The molecule has 1 atom stereocenters. The average Bonchev–Trinajstić information content (AvgIpc) is 3.34. The summed E-state index contributed by atoms with van der Waals surface area (Å²) in [6.07, 6.45) is -2.34. The molecule has 5 aromatic rings. The third kappa shape index (κ3) is 6.31. The van der Waals surface area contributed by atoms with Gasteiger partial charge in [0.05, 0.1) is 29.2 Å². The molecule has 0 fully saturated rings. The Morgan fingerprint density at radius 1 is 1.02 bits per heavy atom. The van der Waals surface area contributed by atoms with E-state index in [1.54, 1.807) is 30.5 Å². The number of aromatic amines is 1. The molecule has 0 saturated heterocycles. The van der Waals surface area contributed by atoms with Gasteiger partial charge < -0.3 is 21.5 Å². The van der Waals surface area contributed by atoms with Crippen molar-refractivity contribution in [2.24, 2.45) is 0 Å². The molecule has 210 valence electrons. The number of anilines is 2. The number of benzene rings is 2. The highest BCUT2D eigenvalue weighted by Gasteiger charge is 2.33. The predicted octanol–water partition coefficient (Wildman–Crippen LogP) is 5.46. The standard InChI is InChI=1S/C28H23BrF3N7O2/c29-20-7-5-17(6-8-20)23(14-40)37-27(41)22-10-19(28(30,31)32)13-36-25(22)34-11-15-1-3-16(4-2-15)18-9-21-24(33)38-39-26(21)35-12-18/h1-10,12-13,23,40H,11,14H2,(H,34,36)(H,37,41)(H3,33,35,38,39)/t23-/m1/s1. The quantitative estimate of drug-likeness (QED) is 0.154. The number of amides is 1. The Morgan fingerprint density at radius 3 is 2.44 bits per heavy atom. The lowest BCUT2D eigenvalue weighted by atomic mass is 10.0. The zero-order valence-electron chi connectivity index (χ0n) is 21.2. The summed E-state index contributed by atoms with van der Waals surface area (Å²) in [5.74, 6) is -0.428. The Kier molecular flexibility index (Phi) is 7.90. The fourth-order valence-corrected chi connectivity index (χ4v) is 4.44. The van der Waals surface area contributed by atoms with Crippen molar-refractivity contribution in [3.63, 3.8) is 0 Å². The number of carbonyl (C=O) groups is 1. The first-order valence-electron chi connectivity index (χ1n) is 12.3. The number of nitrogens with two attached hydrogens (primary N) is 1. The Morgan fingerprint density at radius 2 is 1.76 bits per heavy atom. The van der Waals surface area contributed by atoms with E-state index in [0.29, 0.717) is 28.6 Å². The normalized spacial score (nSPS) is 12.3. The van der Waals surface area contributed by atoms with Gasteiger partial charge in [0.1, 0.15) is 11.6 Å². The molecular formula is C28H23BrF3N7O2. The van der Waals surface area contributed by atoms with E-state index < -0.39 is 30.3 Å². The number of aromatic nitrogens is 4. The van der Waals surface area contributed by atoms with E-state index in [1.165, 1.54) is 0 Å². The van der Waals surface area contributed by atoms with Crippen molar-refractivity contribution < 1.29 is 23.1 Å². The van der Waals surface area contributed by atoms with E-state index in [1.807, 2.05) is 30.3 Å². The van der Waals surface area contributed by atoms with Crippen LogP contribution in [0.3, 0.4) is 0 Å². The van der Waals surface area contributed by atoms with Gasteiger partial charge in [-0.05, 0) is 41.0 Å². The van der Waals surface area contributed by atoms with Crippen LogP contribution in [0.5, 0.6) is 0 Å². The number of aliphatic hydroxyl groups is 1. The smallest absolute Gasteiger partial charge is 0.394 e. The van der Waals surface area contributed by atoms with Crippen molar-refractivity contribution in [3.05, 3.63) is 99.8 Å². The van der Waals surface area contributed by atoms with Gasteiger partial charge in [-0.1, -0.05) is 52.3 Å². The number of fused-ring (bicyclic) bond motifs is 1. The predicted molar refractivity (Wildman–Crippen MR) is 152 cm³/mol. The van der Waals surface area contributed by atoms with E-state index in [4.69, 9.17) is 5.73 Å². The van der Waals surface area contributed by atoms with Gasteiger partial charge in [-0.25, -0.2) is 9.97 Å². The van der Waals surface area contributed by atoms with Crippen LogP contribution in [0.4, 0.5) is 24.8 Å². The second-order valence-electron chi connectivity index (χ2n) is 9.16. The topological polar surface area (TPSA) is 142 Å². The summed E-state index contributed by atoms with van der Waals surface area (Å²) in [5, 5.41) is 22.8. The molecular weight excluding hydrogens is 603 g/mol. The van der Waals surface area contributed by atoms with Crippen LogP contribution in [0.2, 0.25) is 0 Å². The number of nitrogen functional groups attached to an aromatic ring is 1. The molecule has 6 N–H and O–H groups in total. The van der Waals surface area contributed by atoms with Crippen LogP contribution in [-0.2, 0) is 12.7 Å². The SMILES string of the molecule is Nc1[nH]nc2ncc(-c3ccc(CNc4ncc(C(F)(F)F)cc4C(=O)N[C@H](CO)c4ccc(Br)cc4)cc3)cc12. The maximum Gasteiger partial charge on any atom is 0.417 e. The first-order chi connectivity index (χ1) is 19.6. The molecule has 1 amide bonds. The maximum atomic E-state index is 13.5. The maximum absolute atomic E-state index is 13.5. The van der Waals surface area contributed by atoms with Gasteiger partial charge in [-0.15, -0.1) is 0 Å². The van der Waals surface area contributed by atoms with Gasteiger partial charge in [0, 0.05) is 29.0 Å². The van der Waals surface area contributed by atoms with Gasteiger partial charge in [-0.2, -0.15) is 18.3 Å².